The van der Waals surface area contributed by atoms with E-state index in [-0.39, 0.29) is 5.91 Å². The molecule has 0 aliphatic carbocycles. The number of ether oxygens (including phenoxy) is 1. The lowest BCUT2D eigenvalue weighted by atomic mass is 10.2. The van der Waals surface area contributed by atoms with Gasteiger partial charge in [-0.15, -0.1) is 0 Å². The van der Waals surface area contributed by atoms with Gasteiger partial charge in [-0.2, -0.15) is 5.10 Å². The zero-order valence-electron chi connectivity index (χ0n) is 14.4. The second kappa shape index (κ2) is 10.5. The minimum atomic E-state index is -0.271. The fraction of sp³-hybridized carbons (Fsp3) is 0.300. The van der Waals surface area contributed by atoms with Gasteiger partial charge in [0.05, 0.1) is 12.8 Å². The van der Waals surface area contributed by atoms with E-state index in [1.54, 1.807) is 42.6 Å². The lowest BCUT2D eigenvalue weighted by Crippen LogP contribution is -2.17. The smallest absolute Gasteiger partial charge is 0.271 e. The predicted octanol–water partition coefficient (Wildman–Crippen LogP) is 5.06. The lowest BCUT2D eigenvalue weighted by molar-refractivity contribution is 0.0955. The summed E-state index contributed by atoms with van der Waals surface area (Å²) in [7, 11) is 0. The Balaban J connectivity index is 1.79. The number of carbonyl (C=O) groups is 1. The number of hydrogen-bond acceptors (Lipinski definition) is 3. The zero-order valence-corrected chi connectivity index (χ0v) is 15.1. The normalized spacial score (nSPS) is 10.8. The summed E-state index contributed by atoms with van der Waals surface area (Å²) < 4.78 is 5.66. The van der Waals surface area contributed by atoms with Crippen molar-refractivity contribution in [1.82, 2.24) is 5.43 Å². The Labute approximate surface area is 153 Å². The van der Waals surface area contributed by atoms with E-state index >= 15 is 0 Å². The van der Waals surface area contributed by atoms with Crippen LogP contribution >= 0.6 is 11.6 Å². The first-order chi connectivity index (χ1) is 12.2. The standard InChI is InChI=1S/C20H23ClN2O2/c1-2-3-4-5-13-25-19-11-9-17(10-12-19)20(24)23-22-15-16-7-6-8-18(21)14-16/h6-12,14-15H,2-5,13H2,1H3,(H,23,24). The van der Waals surface area contributed by atoms with Crippen molar-refractivity contribution in [2.45, 2.75) is 32.6 Å². The fourth-order valence-electron chi connectivity index (χ4n) is 2.24. The van der Waals surface area contributed by atoms with Crippen LogP contribution in [0.4, 0.5) is 0 Å². The fourth-order valence-corrected chi connectivity index (χ4v) is 2.44. The van der Waals surface area contributed by atoms with Crippen molar-refractivity contribution >= 4 is 23.7 Å². The maximum Gasteiger partial charge on any atom is 0.271 e. The highest BCUT2D eigenvalue weighted by Gasteiger charge is 2.04. The van der Waals surface area contributed by atoms with Crippen LogP contribution in [0.25, 0.3) is 0 Å². The molecule has 0 heterocycles. The SMILES string of the molecule is CCCCCCOc1ccc(C(=O)NN=Cc2cccc(Cl)c2)cc1. The molecule has 0 radical (unpaired) electrons. The Kier molecular flexibility index (Phi) is 7.99. The largest absolute Gasteiger partial charge is 0.494 e. The Bertz CT molecular complexity index is 699. The van der Waals surface area contributed by atoms with Gasteiger partial charge in [0.25, 0.3) is 5.91 Å². The molecule has 0 aromatic heterocycles. The van der Waals surface area contributed by atoms with Crippen molar-refractivity contribution in [3.63, 3.8) is 0 Å². The Hall–Kier alpha value is -2.33. The molecule has 0 bridgehead atoms. The van der Waals surface area contributed by atoms with Gasteiger partial charge in [-0.25, -0.2) is 5.43 Å². The Morgan fingerprint density at radius 1 is 1.16 bits per heavy atom. The number of benzene rings is 2. The first-order valence-electron chi connectivity index (χ1n) is 8.51. The summed E-state index contributed by atoms with van der Waals surface area (Å²) in [5, 5.41) is 4.57. The van der Waals surface area contributed by atoms with E-state index in [2.05, 4.69) is 17.5 Å². The molecule has 0 atom stereocenters. The summed E-state index contributed by atoms with van der Waals surface area (Å²) in [5.41, 5.74) is 3.85. The monoisotopic (exact) mass is 358 g/mol. The number of hydrogen-bond donors (Lipinski definition) is 1. The first-order valence-corrected chi connectivity index (χ1v) is 8.88. The predicted molar refractivity (Wildman–Crippen MR) is 103 cm³/mol. The molecular formula is C20H23ClN2O2. The molecule has 0 fully saturated rings. The van der Waals surface area contributed by atoms with Crippen LogP contribution in [0, 0.1) is 0 Å². The van der Waals surface area contributed by atoms with Gasteiger partial charge in [0.15, 0.2) is 0 Å². The molecule has 0 saturated heterocycles. The van der Waals surface area contributed by atoms with Crippen molar-refractivity contribution in [1.29, 1.82) is 0 Å². The van der Waals surface area contributed by atoms with E-state index in [0.717, 1.165) is 17.7 Å². The van der Waals surface area contributed by atoms with Crippen molar-refractivity contribution in [2.75, 3.05) is 6.61 Å². The topological polar surface area (TPSA) is 50.7 Å². The number of rotatable bonds is 9. The average Bonchev–Trinajstić information content (AvgIpc) is 2.62. The van der Waals surface area contributed by atoms with Crippen LogP contribution in [0.2, 0.25) is 5.02 Å². The highest BCUT2D eigenvalue weighted by Crippen LogP contribution is 2.13. The van der Waals surface area contributed by atoms with E-state index < -0.39 is 0 Å². The van der Waals surface area contributed by atoms with Crippen LogP contribution in [0.5, 0.6) is 5.75 Å². The van der Waals surface area contributed by atoms with Gasteiger partial charge in [-0.05, 0) is 48.4 Å². The molecule has 25 heavy (non-hydrogen) atoms. The van der Waals surface area contributed by atoms with E-state index in [4.69, 9.17) is 16.3 Å². The molecule has 132 valence electrons. The van der Waals surface area contributed by atoms with Crippen LogP contribution in [-0.4, -0.2) is 18.7 Å². The van der Waals surface area contributed by atoms with Gasteiger partial charge >= 0.3 is 0 Å². The minimum Gasteiger partial charge on any atom is -0.494 e. The molecule has 0 unspecified atom stereocenters. The molecule has 2 aromatic carbocycles. The van der Waals surface area contributed by atoms with Gasteiger partial charge in [0.1, 0.15) is 5.75 Å². The van der Waals surface area contributed by atoms with Crippen molar-refractivity contribution in [2.24, 2.45) is 5.10 Å². The highest BCUT2D eigenvalue weighted by atomic mass is 35.5. The Morgan fingerprint density at radius 3 is 2.68 bits per heavy atom. The van der Waals surface area contributed by atoms with Crippen LogP contribution in [-0.2, 0) is 0 Å². The Morgan fingerprint density at radius 2 is 1.96 bits per heavy atom. The molecule has 0 spiro atoms. The number of amides is 1. The summed E-state index contributed by atoms with van der Waals surface area (Å²) in [4.78, 5) is 12.1. The highest BCUT2D eigenvalue weighted by molar-refractivity contribution is 6.30. The molecule has 0 saturated carbocycles. The molecular weight excluding hydrogens is 336 g/mol. The van der Waals surface area contributed by atoms with E-state index in [1.165, 1.54) is 19.3 Å². The third-order valence-corrected chi connectivity index (χ3v) is 3.85. The van der Waals surface area contributed by atoms with Crippen molar-refractivity contribution in [3.05, 3.63) is 64.7 Å². The van der Waals surface area contributed by atoms with Gasteiger partial charge in [0, 0.05) is 10.6 Å². The summed E-state index contributed by atoms with van der Waals surface area (Å²) in [6.45, 7) is 2.89. The van der Waals surface area contributed by atoms with Gasteiger partial charge in [0.2, 0.25) is 0 Å². The van der Waals surface area contributed by atoms with Crippen molar-refractivity contribution < 1.29 is 9.53 Å². The molecule has 1 N–H and O–H groups in total. The maximum absolute atomic E-state index is 12.1. The number of hydrazone groups is 1. The van der Waals surface area contributed by atoms with Crippen LogP contribution in [0.3, 0.4) is 0 Å². The summed E-state index contributed by atoms with van der Waals surface area (Å²) in [5.74, 6) is 0.503. The number of carbonyl (C=O) groups excluding carboxylic acids is 1. The summed E-state index contributed by atoms with van der Waals surface area (Å²) in [6.07, 6.45) is 6.23. The quantitative estimate of drug-likeness (QED) is 0.387. The van der Waals surface area contributed by atoms with Gasteiger partial charge < -0.3 is 4.74 Å². The molecule has 5 heteroatoms. The molecule has 4 nitrogen and oxygen atoms in total. The zero-order chi connectivity index (χ0) is 17.9. The third kappa shape index (κ3) is 6.98. The first kappa shape index (κ1) is 19.0. The minimum absolute atomic E-state index is 0.271. The molecule has 2 rings (SSSR count). The maximum atomic E-state index is 12.1. The van der Waals surface area contributed by atoms with E-state index in [9.17, 15) is 4.79 Å². The number of halogens is 1. The lowest BCUT2D eigenvalue weighted by Gasteiger charge is -2.06. The number of nitrogens with zero attached hydrogens (tertiary/aromatic N) is 1. The number of unbranched alkanes of at least 4 members (excludes halogenated alkanes) is 3. The van der Waals surface area contributed by atoms with Crippen LogP contribution in [0.1, 0.15) is 48.5 Å². The molecule has 0 aliphatic rings. The van der Waals surface area contributed by atoms with Crippen LogP contribution in [0.15, 0.2) is 53.6 Å². The van der Waals surface area contributed by atoms with Crippen molar-refractivity contribution in [3.8, 4) is 5.75 Å². The van der Waals surface area contributed by atoms with E-state index in [1.807, 2.05) is 12.1 Å². The second-order valence-electron chi connectivity index (χ2n) is 5.69. The van der Waals surface area contributed by atoms with Crippen LogP contribution < -0.4 is 10.2 Å². The number of nitrogens with one attached hydrogen (secondary N) is 1. The second-order valence-corrected chi connectivity index (χ2v) is 6.12. The summed E-state index contributed by atoms with van der Waals surface area (Å²) in [6, 6.07) is 14.3. The average molecular weight is 359 g/mol. The molecule has 1 amide bonds. The van der Waals surface area contributed by atoms with Gasteiger partial charge in [-0.1, -0.05) is 49.9 Å². The van der Waals surface area contributed by atoms with E-state index in [0.29, 0.717) is 17.2 Å². The molecule has 0 aliphatic heterocycles. The molecule has 2 aromatic rings. The summed E-state index contributed by atoms with van der Waals surface area (Å²) >= 11 is 5.90. The van der Waals surface area contributed by atoms with Gasteiger partial charge in [-0.3, -0.25) is 4.79 Å². The third-order valence-electron chi connectivity index (χ3n) is 3.61.